The number of para-hydroxylation sites is 1. The molecule has 39 heavy (non-hydrogen) atoms. The molecule has 5 rings (SSSR count). The van der Waals surface area contributed by atoms with Gasteiger partial charge in [-0.3, -0.25) is 14.9 Å². The second-order valence-corrected chi connectivity index (χ2v) is 8.46. The van der Waals surface area contributed by atoms with Crippen molar-refractivity contribution in [2.24, 2.45) is 0 Å². The lowest BCUT2D eigenvalue weighted by Gasteiger charge is -2.11. The zero-order chi connectivity index (χ0) is 27.7. The third-order valence-electron chi connectivity index (χ3n) is 5.79. The Bertz CT molecular complexity index is 1720. The fourth-order valence-electron chi connectivity index (χ4n) is 3.89. The van der Waals surface area contributed by atoms with Gasteiger partial charge < -0.3 is 10.1 Å². The van der Waals surface area contributed by atoms with Gasteiger partial charge in [0.15, 0.2) is 5.65 Å². The van der Waals surface area contributed by atoms with E-state index >= 15 is 0 Å². The molecule has 9 nitrogen and oxygen atoms in total. The first-order chi connectivity index (χ1) is 18.7. The summed E-state index contributed by atoms with van der Waals surface area (Å²) in [6.07, 6.45) is -1.89. The van der Waals surface area contributed by atoms with E-state index in [1.54, 1.807) is 25.1 Å². The number of fused-ring (bicyclic) bond motifs is 1. The Morgan fingerprint density at radius 2 is 1.82 bits per heavy atom. The van der Waals surface area contributed by atoms with Gasteiger partial charge in [0.1, 0.15) is 28.6 Å². The molecule has 0 aliphatic rings. The van der Waals surface area contributed by atoms with Gasteiger partial charge in [-0.1, -0.05) is 18.2 Å². The highest BCUT2D eigenvalue weighted by Gasteiger charge is 2.22. The zero-order valence-electron chi connectivity index (χ0n) is 20.1. The maximum absolute atomic E-state index is 13.9. The van der Waals surface area contributed by atoms with E-state index in [1.807, 2.05) is 6.07 Å². The molecule has 2 heterocycles. The summed E-state index contributed by atoms with van der Waals surface area (Å²) in [5.74, 6) is -0.738. The summed E-state index contributed by atoms with van der Waals surface area (Å²) >= 11 is 0. The van der Waals surface area contributed by atoms with Crippen LogP contribution in [0.15, 0.2) is 79.0 Å². The number of amides is 1. The molecule has 3 aromatic carbocycles. The van der Waals surface area contributed by atoms with Crippen molar-refractivity contribution in [1.29, 1.82) is 0 Å². The lowest BCUT2D eigenvalue weighted by Crippen LogP contribution is -2.13. The fourth-order valence-corrected chi connectivity index (χ4v) is 3.89. The highest BCUT2D eigenvalue weighted by Crippen LogP contribution is 2.32. The lowest BCUT2D eigenvalue weighted by molar-refractivity contribution is -0.384. The number of nitro benzene ring substituents is 1. The van der Waals surface area contributed by atoms with Crippen molar-refractivity contribution in [2.45, 2.75) is 13.3 Å². The molecule has 0 aliphatic carbocycles. The minimum Gasteiger partial charge on any atom is -0.457 e. The molecule has 0 atom stereocenters. The third kappa shape index (κ3) is 5.25. The van der Waals surface area contributed by atoms with Crippen LogP contribution >= 0.6 is 0 Å². The lowest BCUT2D eigenvalue weighted by atomic mass is 10.1. The van der Waals surface area contributed by atoms with Gasteiger partial charge >= 0.3 is 0 Å². The van der Waals surface area contributed by atoms with E-state index in [0.717, 1.165) is 40.5 Å². The number of hydrogen-bond acceptors (Lipinski definition) is 6. The molecule has 0 aliphatic heterocycles. The number of anilines is 1. The third-order valence-corrected chi connectivity index (χ3v) is 5.79. The number of non-ortho nitro benzene ring substituents is 1. The van der Waals surface area contributed by atoms with Crippen molar-refractivity contribution < 1.29 is 27.6 Å². The average Bonchev–Trinajstić information content (AvgIpc) is 3.34. The number of ether oxygens (including phenoxy) is 1. The Labute approximate surface area is 218 Å². The Hall–Kier alpha value is -5.26. The van der Waals surface area contributed by atoms with Crippen molar-refractivity contribution in [3.63, 3.8) is 0 Å². The number of aromatic nitrogens is 3. The number of hydrogen-bond donors (Lipinski definition) is 1. The molecule has 0 unspecified atom stereocenters. The van der Waals surface area contributed by atoms with E-state index in [1.165, 1.54) is 24.3 Å². The van der Waals surface area contributed by atoms with Gasteiger partial charge in [-0.2, -0.15) is 5.10 Å². The Morgan fingerprint density at radius 3 is 2.51 bits per heavy atom. The van der Waals surface area contributed by atoms with Crippen molar-refractivity contribution in [3.8, 4) is 22.8 Å². The molecule has 2 aromatic heterocycles. The highest BCUT2D eigenvalue weighted by molar-refractivity contribution is 6.08. The molecule has 0 radical (unpaired) electrons. The van der Waals surface area contributed by atoms with Gasteiger partial charge in [-0.25, -0.2) is 22.7 Å². The van der Waals surface area contributed by atoms with Crippen molar-refractivity contribution >= 4 is 22.9 Å². The summed E-state index contributed by atoms with van der Waals surface area (Å²) in [6, 6.07) is 17.0. The Kier molecular flexibility index (Phi) is 6.67. The van der Waals surface area contributed by atoms with Crippen molar-refractivity contribution in [3.05, 3.63) is 112 Å². The molecule has 5 aromatic rings. The van der Waals surface area contributed by atoms with Crippen LogP contribution in [0.1, 0.15) is 28.0 Å². The monoisotopic (exact) mass is 533 g/mol. The summed E-state index contributed by atoms with van der Waals surface area (Å²) in [5.41, 5.74) is 0.0529. The number of nitrogens with one attached hydrogen (secondary N) is 1. The quantitative estimate of drug-likeness (QED) is 0.183. The standard InChI is InChI=1S/C27H18F3N5O4/c1-15-4-2-3-5-24(15)39-20-11-18(10-19(12-20)35(37)38)32-27(36)21-14-31-34-23(25(29)30)13-22(33-26(21)34)16-6-8-17(28)9-7-16/h2-14,25H,1H3,(H,32,36). The zero-order valence-corrected chi connectivity index (χ0v) is 20.1. The van der Waals surface area contributed by atoms with E-state index in [2.05, 4.69) is 15.4 Å². The average molecular weight is 533 g/mol. The van der Waals surface area contributed by atoms with Crippen molar-refractivity contribution in [1.82, 2.24) is 14.6 Å². The molecule has 0 fully saturated rings. The van der Waals surface area contributed by atoms with E-state index in [4.69, 9.17) is 4.74 Å². The number of rotatable bonds is 7. The van der Waals surface area contributed by atoms with Crippen molar-refractivity contribution in [2.75, 3.05) is 5.32 Å². The summed E-state index contributed by atoms with van der Waals surface area (Å²) in [5, 5.41) is 18.0. The molecule has 196 valence electrons. The minimum atomic E-state index is -2.96. The van der Waals surface area contributed by atoms with Gasteiger partial charge in [-0.05, 0) is 48.9 Å². The normalized spacial score (nSPS) is 11.1. The number of alkyl halides is 2. The fraction of sp³-hybridized carbons (Fsp3) is 0.0741. The minimum absolute atomic E-state index is 0.0286. The summed E-state index contributed by atoms with van der Waals surface area (Å²) < 4.78 is 47.7. The van der Waals surface area contributed by atoms with E-state index < -0.39 is 28.8 Å². The molecule has 1 N–H and O–H groups in total. The molecule has 1 amide bonds. The first kappa shape index (κ1) is 25.4. The van der Waals surface area contributed by atoms with Gasteiger partial charge in [0.25, 0.3) is 18.0 Å². The second-order valence-electron chi connectivity index (χ2n) is 8.46. The van der Waals surface area contributed by atoms with Crippen LogP contribution in [0.3, 0.4) is 0 Å². The van der Waals surface area contributed by atoms with Crippen LogP contribution in [-0.2, 0) is 0 Å². The van der Waals surface area contributed by atoms with E-state index in [9.17, 15) is 28.1 Å². The predicted molar refractivity (Wildman–Crippen MR) is 136 cm³/mol. The van der Waals surface area contributed by atoms with Crippen LogP contribution in [0.25, 0.3) is 16.9 Å². The number of carbonyl (C=O) groups excluding carboxylic acids is 1. The summed E-state index contributed by atoms with van der Waals surface area (Å²) in [7, 11) is 0. The molecule has 12 heteroatoms. The van der Waals surface area contributed by atoms with Gasteiger partial charge in [-0.15, -0.1) is 0 Å². The molecular formula is C27H18F3N5O4. The topological polar surface area (TPSA) is 112 Å². The van der Waals surface area contributed by atoms with Crippen LogP contribution in [0.4, 0.5) is 24.5 Å². The van der Waals surface area contributed by atoms with Crippen LogP contribution in [-0.4, -0.2) is 25.4 Å². The smallest absolute Gasteiger partial charge is 0.280 e. The number of halogens is 3. The maximum Gasteiger partial charge on any atom is 0.280 e. The molecule has 0 bridgehead atoms. The highest BCUT2D eigenvalue weighted by atomic mass is 19.3. The van der Waals surface area contributed by atoms with E-state index in [0.29, 0.717) is 11.3 Å². The largest absolute Gasteiger partial charge is 0.457 e. The molecule has 0 saturated heterocycles. The Balaban J connectivity index is 1.52. The number of benzene rings is 3. The van der Waals surface area contributed by atoms with Gasteiger partial charge in [0.05, 0.1) is 28.6 Å². The number of carbonyl (C=O) groups is 1. The van der Waals surface area contributed by atoms with Crippen LogP contribution in [0.2, 0.25) is 0 Å². The van der Waals surface area contributed by atoms with Gasteiger partial charge in [0, 0.05) is 17.7 Å². The second kappa shape index (κ2) is 10.2. The summed E-state index contributed by atoms with van der Waals surface area (Å²) in [6.45, 7) is 1.81. The number of nitrogens with zero attached hydrogens (tertiary/aromatic N) is 4. The van der Waals surface area contributed by atoms with Crippen LogP contribution in [0.5, 0.6) is 11.5 Å². The first-order valence-corrected chi connectivity index (χ1v) is 11.5. The molecular weight excluding hydrogens is 515 g/mol. The predicted octanol–water partition coefficient (Wildman–Crippen LogP) is 6.73. The molecule has 0 saturated carbocycles. The van der Waals surface area contributed by atoms with Crippen LogP contribution in [0, 0.1) is 22.9 Å². The summed E-state index contributed by atoms with van der Waals surface area (Å²) in [4.78, 5) is 28.4. The van der Waals surface area contributed by atoms with Gasteiger partial charge in [0.2, 0.25) is 0 Å². The Morgan fingerprint density at radius 1 is 1.08 bits per heavy atom. The first-order valence-electron chi connectivity index (χ1n) is 11.5. The van der Waals surface area contributed by atoms with E-state index in [-0.39, 0.29) is 34.0 Å². The number of aryl methyl sites for hydroxylation is 1. The maximum atomic E-state index is 13.9. The SMILES string of the molecule is Cc1ccccc1Oc1cc(NC(=O)c2cnn3c(C(F)F)cc(-c4ccc(F)cc4)nc23)cc([N+](=O)[O-])c1. The van der Waals surface area contributed by atoms with Crippen LogP contribution < -0.4 is 10.1 Å². The molecule has 0 spiro atoms. The number of nitro groups is 1.